The van der Waals surface area contributed by atoms with E-state index in [4.69, 9.17) is 0 Å². The second kappa shape index (κ2) is 8.39. The van der Waals surface area contributed by atoms with Crippen molar-refractivity contribution < 1.29 is 8.42 Å². The van der Waals surface area contributed by atoms with Gasteiger partial charge in [0.15, 0.2) is 0 Å². The number of hydrogen-bond acceptors (Lipinski definition) is 4. The summed E-state index contributed by atoms with van der Waals surface area (Å²) in [6, 6.07) is 2.11. The highest BCUT2D eigenvalue weighted by Crippen LogP contribution is 1.98. The Bertz CT molecular complexity index is 457. The van der Waals surface area contributed by atoms with Crippen molar-refractivity contribution in [3.05, 3.63) is 18.5 Å². The lowest BCUT2D eigenvalue weighted by atomic mass is 10.3. The molecule has 1 rings (SSSR count). The summed E-state index contributed by atoms with van der Waals surface area (Å²) in [6.45, 7) is 7.40. The normalized spacial score (nSPS) is 13.8. The van der Waals surface area contributed by atoms with Gasteiger partial charge in [0.1, 0.15) is 0 Å². The fourth-order valence-corrected chi connectivity index (χ4v) is 3.29. The van der Waals surface area contributed by atoms with Crippen LogP contribution >= 0.6 is 0 Å². The molecule has 0 aliphatic rings. The van der Waals surface area contributed by atoms with Crippen molar-refractivity contribution in [2.75, 3.05) is 12.3 Å². The van der Waals surface area contributed by atoms with Crippen molar-refractivity contribution in [3.63, 3.8) is 0 Å². The van der Waals surface area contributed by atoms with Crippen LogP contribution in [0.4, 0.5) is 0 Å². The lowest BCUT2D eigenvalue weighted by Gasteiger charge is -2.14. The van der Waals surface area contributed by atoms with Gasteiger partial charge < -0.3 is 5.32 Å². The van der Waals surface area contributed by atoms with E-state index >= 15 is 0 Å². The number of nitrogens with one attached hydrogen (secondary N) is 2. The lowest BCUT2D eigenvalue weighted by molar-refractivity contribution is 0.492. The molecule has 1 aromatic rings. The summed E-state index contributed by atoms with van der Waals surface area (Å²) in [5, 5.41) is 7.34. The van der Waals surface area contributed by atoms with Crippen LogP contribution in [0.1, 0.15) is 33.6 Å². The molecule has 1 aromatic heterocycles. The average Bonchev–Trinajstić information content (AvgIpc) is 2.79. The number of hydrogen-bond donors (Lipinski definition) is 2. The largest absolute Gasteiger partial charge is 0.315 e. The van der Waals surface area contributed by atoms with Crippen LogP contribution in [0.15, 0.2) is 18.5 Å². The minimum Gasteiger partial charge on any atom is -0.315 e. The first-order valence-electron chi connectivity index (χ1n) is 7.10. The van der Waals surface area contributed by atoms with Gasteiger partial charge in [-0.05, 0) is 32.4 Å². The average molecular weight is 302 g/mol. The molecule has 0 saturated heterocycles. The Morgan fingerprint density at radius 2 is 2.00 bits per heavy atom. The molecule has 0 radical (unpaired) electrons. The smallest absolute Gasteiger partial charge is 0.211 e. The predicted molar refractivity (Wildman–Crippen MR) is 81.0 cm³/mol. The molecule has 0 aromatic carbocycles. The van der Waals surface area contributed by atoms with Crippen LogP contribution < -0.4 is 10.0 Å². The van der Waals surface area contributed by atoms with Gasteiger partial charge in [-0.1, -0.05) is 13.8 Å². The fourth-order valence-electron chi connectivity index (χ4n) is 1.90. The molecule has 116 valence electrons. The zero-order chi connectivity index (χ0) is 15.0. The number of unbranched alkanes of at least 4 members (excludes halogenated alkanes) is 1. The van der Waals surface area contributed by atoms with Crippen LogP contribution in [-0.4, -0.2) is 42.6 Å². The number of rotatable bonds is 10. The Morgan fingerprint density at radius 3 is 2.60 bits per heavy atom. The maximum atomic E-state index is 11.9. The Morgan fingerprint density at radius 1 is 1.25 bits per heavy atom. The van der Waals surface area contributed by atoms with E-state index in [0.717, 1.165) is 13.0 Å². The van der Waals surface area contributed by atoms with E-state index in [-0.39, 0.29) is 11.8 Å². The maximum Gasteiger partial charge on any atom is 0.211 e. The van der Waals surface area contributed by atoms with Gasteiger partial charge in [0.2, 0.25) is 10.0 Å². The van der Waals surface area contributed by atoms with E-state index in [0.29, 0.717) is 19.0 Å². The van der Waals surface area contributed by atoms with Crippen molar-refractivity contribution in [1.82, 2.24) is 19.8 Å². The second-order valence-electron chi connectivity index (χ2n) is 5.38. The highest BCUT2D eigenvalue weighted by Gasteiger charge is 2.14. The Labute approximate surface area is 122 Å². The van der Waals surface area contributed by atoms with Crippen LogP contribution in [0.25, 0.3) is 0 Å². The number of sulfonamides is 1. The molecule has 20 heavy (non-hydrogen) atoms. The van der Waals surface area contributed by atoms with Crippen molar-refractivity contribution in [1.29, 1.82) is 0 Å². The van der Waals surface area contributed by atoms with Crippen molar-refractivity contribution in [2.45, 2.75) is 52.2 Å². The van der Waals surface area contributed by atoms with Gasteiger partial charge in [-0.2, -0.15) is 5.10 Å². The van der Waals surface area contributed by atoms with E-state index in [2.05, 4.69) is 29.0 Å². The fraction of sp³-hybridized carbons (Fsp3) is 0.769. The van der Waals surface area contributed by atoms with E-state index in [1.54, 1.807) is 10.9 Å². The third-order valence-corrected chi connectivity index (χ3v) is 4.38. The Hall–Kier alpha value is -0.920. The standard InChI is InChI=1S/C13H26N4O2S/c1-12(2)14-7-4-5-10-20(18,19)16-13(3)11-17-9-6-8-15-17/h6,8-9,12-14,16H,4-5,7,10-11H2,1-3H3. The first-order valence-corrected chi connectivity index (χ1v) is 8.75. The van der Waals surface area contributed by atoms with Gasteiger partial charge >= 0.3 is 0 Å². The first kappa shape index (κ1) is 17.1. The minimum atomic E-state index is -3.20. The zero-order valence-corrected chi connectivity index (χ0v) is 13.4. The van der Waals surface area contributed by atoms with E-state index < -0.39 is 10.0 Å². The molecule has 1 unspecified atom stereocenters. The van der Waals surface area contributed by atoms with Crippen LogP contribution in [0, 0.1) is 0 Å². The summed E-state index contributed by atoms with van der Waals surface area (Å²) in [4.78, 5) is 0. The highest BCUT2D eigenvalue weighted by atomic mass is 32.2. The molecular weight excluding hydrogens is 276 g/mol. The summed E-state index contributed by atoms with van der Waals surface area (Å²) < 4.78 is 28.2. The molecule has 6 nitrogen and oxygen atoms in total. The van der Waals surface area contributed by atoms with Gasteiger partial charge in [-0.25, -0.2) is 13.1 Å². The molecule has 0 bridgehead atoms. The van der Waals surface area contributed by atoms with Crippen LogP contribution in [0.3, 0.4) is 0 Å². The predicted octanol–water partition coefficient (Wildman–Crippen LogP) is 0.969. The van der Waals surface area contributed by atoms with Crippen molar-refractivity contribution in [3.8, 4) is 0 Å². The monoisotopic (exact) mass is 302 g/mol. The Kier molecular flexibility index (Phi) is 7.18. The molecule has 0 aliphatic heterocycles. The topological polar surface area (TPSA) is 76.0 Å². The molecule has 0 spiro atoms. The van der Waals surface area contributed by atoms with Gasteiger partial charge in [-0.15, -0.1) is 0 Å². The molecule has 1 heterocycles. The lowest BCUT2D eigenvalue weighted by Crippen LogP contribution is -2.37. The molecule has 0 aliphatic carbocycles. The van der Waals surface area contributed by atoms with Crippen LogP contribution in [0.2, 0.25) is 0 Å². The third kappa shape index (κ3) is 7.62. The van der Waals surface area contributed by atoms with Crippen molar-refractivity contribution in [2.24, 2.45) is 0 Å². The minimum absolute atomic E-state index is 0.159. The number of aromatic nitrogens is 2. The molecule has 0 fully saturated rings. The third-order valence-electron chi connectivity index (χ3n) is 2.79. The van der Waals surface area contributed by atoms with E-state index in [1.807, 2.05) is 19.2 Å². The van der Waals surface area contributed by atoms with E-state index in [9.17, 15) is 8.42 Å². The molecule has 0 amide bonds. The van der Waals surface area contributed by atoms with Crippen LogP contribution in [-0.2, 0) is 16.6 Å². The zero-order valence-electron chi connectivity index (χ0n) is 12.5. The Balaban J connectivity index is 2.23. The summed E-state index contributed by atoms with van der Waals surface area (Å²) in [5.74, 6) is 0.177. The molecule has 1 atom stereocenters. The van der Waals surface area contributed by atoms with Gasteiger partial charge in [0, 0.05) is 24.5 Å². The summed E-state index contributed by atoms with van der Waals surface area (Å²) in [6.07, 6.45) is 5.04. The van der Waals surface area contributed by atoms with Gasteiger partial charge in [-0.3, -0.25) is 4.68 Å². The van der Waals surface area contributed by atoms with Crippen LogP contribution in [0.5, 0.6) is 0 Å². The van der Waals surface area contributed by atoms with Gasteiger partial charge in [0.05, 0.1) is 12.3 Å². The summed E-state index contributed by atoms with van der Waals surface area (Å²) in [5.41, 5.74) is 0. The van der Waals surface area contributed by atoms with E-state index in [1.165, 1.54) is 0 Å². The molecule has 2 N–H and O–H groups in total. The SMILES string of the molecule is CC(C)NCCCCS(=O)(=O)NC(C)Cn1cccn1. The first-order chi connectivity index (χ1) is 9.39. The van der Waals surface area contributed by atoms with Crippen molar-refractivity contribution >= 4 is 10.0 Å². The second-order valence-corrected chi connectivity index (χ2v) is 7.26. The summed E-state index contributed by atoms with van der Waals surface area (Å²) >= 11 is 0. The summed E-state index contributed by atoms with van der Waals surface area (Å²) in [7, 11) is -3.20. The number of nitrogens with zero attached hydrogens (tertiary/aromatic N) is 2. The maximum absolute atomic E-state index is 11.9. The molecular formula is C13H26N4O2S. The van der Waals surface area contributed by atoms with Gasteiger partial charge in [0.25, 0.3) is 0 Å². The quantitative estimate of drug-likeness (QED) is 0.632. The molecule has 0 saturated carbocycles. The molecule has 7 heteroatoms. The highest BCUT2D eigenvalue weighted by molar-refractivity contribution is 7.89.